The molecule has 4 nitrogen and oxygen atoms in total. The van der Waals surface area contributed by atoms with Crippen molar-refractivity contribution in [1.29, 1.82) is 0 Å². The Balaban J connectivity index is 1.38. The minimum Gasteiger partial charge on any atom is -0.367 e. The first-order chi connectivity index (χ1) is 12.8. The number of nitrogens with one attached hydrogen (secondary N) is 1. The lowest BCUT2D eigenvalue weighted by Crippen LogP contribution is -2.38. The van der Waals surface area contributed by atoms with E-state index in [1.165, 1.54) is 22.2 Å². The summed E-state index contributed by atoms with van der Waals surface area (Å²) in [5.41, 5.74) is 1.40. The van der Waals surface area contributed by atoms with Gasteiger partial charge in [-0.15, -0.1) is 11.3 Å². The van der Waals surface area contributed by atoms with Crippen molar-refractivity contribution in [3.63, 3.8) is 0 Å². The molecule has 1 saturated heterocycles. The first kappa shape index (κ1) is 17.4. The Morgan fingerprint density at radius 3 is 2.73 bits per heavy atom. The zero-order valence-electron chi connectivity index (χ0n) is 15.3. The van der Waals surface area contributed by atoms with Crippen molar-refractivity contribution in [3.8, 4) is 0 Å². The highest BCUT2D eigenvalue weighted by molar-refractivity contribution is 7.18. The van der Waals surface area contributed by atoms with Gasteiger partial charge in [0.1, 0.15) is 17.0 Å². The van der Waals surface area contributed by atoms with Crippen LogP contribution in [-0.2, 0) is 13.0 Å². The van der Waals surface area contributed by atoms with Gasteiger partial charge < -0.3 is 5.32 Å². The average molecular weight is 367 g/mol. The molecule has 1 aliphatic rings. The highest BCUT2D eigenvalue weighted by Crippen LogP contribution is 2.30. The SMILES string of the molecule is CCCc1cc2c(NC3CCN(Cc4ccccc4)CC3)ncnc2s1. The van der Waals surface area contributed by atoms with Crippen molar-refractivity contribution in [2.24, 2.45) is 0 Å². The van der Waals surface area contributed by atoms with Crippen LogP contribution in [0.25, 0.3) is 10.2 Å². The number of anilines is 1. The number of likely N-dealkylation sites (tertiary alicyclic amines) is 1. The molecule has 1 aromatic carbocycles. The topological polar surface area (TPSA) is 41.0 Å². The molecule has 1 aliphatic heterocycles. The quantitative estimate of drug-likeness (QED) is 0.685. The van der Waals surface area contributed by atoms with E-state index in [2.05, 4.69) is 63.5 Å². The van der Waals surface area contributed by atoms with E-state index in [0.29, 0.717) is 6.04 Å². The molecule has 136 valence electrons. The van der Waals surface area contributed by atoms with Gasteiger partial charge in [-0.1, -0.05) is 43.7 Å². The first-order valence-electron chi connectivity index (χ1n) is 9.58. The summed E-state index contributed by atoms with van der Waals surface area (Å²) in [7, 11) is 0. The lowest BCUT2D eigenvalue weighted by molar-refractivity contribution is 0.211. The summed E-state index contributed by atoms with van der Waals surface area (Å²) in [6.45, 7) is 5.53. The van der Waals surface area contributed by atoms with Gasteiger partial charge in [0.25, 0.3) is 0 Å². The zero-order chi connectivity index (χ0) is 17.8. The smallest absolute Gasteiger partial charge is 0.138 e. The monoisotopic (exact) mass is 366 g/mol. The predicted octanol–water partition coefficient (Wildman–Crippen LogP) is 4.72. The molecule has 3 aromatic rings. The maximum absolute atomic E-state index is 4.53. The lowest BCUT2D eigenvalue weighted by atomic mass is 10.0. The molecule has 0 bridgehead atoms. The summed E-state index contributed by atoms with van der Waals surface area (Å²) >= 11 is 1.80. The molecule has 0 radical (unpaired) electrons. The Labute approximate surface area is 159 Å². The predicted molar refractivity (Wildman–Crippen MR) is 110 cm³/mol. The van der Waals surface area contributed by atoms with Gasteiger partial charge >= 0.3 is 0 Å². The fourth-order valence-corrected chi connectivity index (χ4v) is 4.76. The van der Waals surface area contributed by atoms with E-state index in [1.54, 1.807) is 17.7 Å². The largest absolute Gasteiger partial charge is 0.367 e. The maximum Gasteiger partial charge on any atom is 0.138 e. The van der Waals surface area contributed by atoms with Crippen molar-refractivity contribution in [1.82, 2.24) is 14.9 Å². The van der Waals surface area contributed by atoms with Gasteiger partial charge in [0.2, 0.25) is 0 Å². The third kappa shape index (κ3) is 4.05. The van der Waals surface area contributed by atoms with Gasteiger partial charge in [0, 0.05) is 30.6 Å². The lowest BCUT2D eigenvalue weighted by Gasteiger charge is -2.32. The van der Waals surface area contributed by atoms with Gasteiger partial charge in [0.15, 0.2) is 0 Å². The van der Waals surface area contributed by atoms with Crippen LogP contribution in [0.15, 0.2) is 42.7 Å². The van der Waals surface area contributed by atoms with Crippen LogP contribution in [0.4, 0.5) is 5.82 Å². The van der Waals surface area contributed by atoms with Crippen LogP contribution in [0.1, 0.15) is 36.6 Å². The fraction of sp³-hybridized carbons (Fsp3) is 0.429. The Morgan fingerprint density at radius 1 is 1.15 bits per heavy atom. The molecule has 2 aromatic heterocycles. The molecular formula is C21H26N4S. The number of nitrogens with zero attached hydrogens (tertiary/aromatic N) is 3. The van der Waals surface area contributed by atoms with E-state index >= 15 is 0 Å². The van der Waals surface area contributed by atoms with Gasteiger partial charge in [-0.2, -0.15) is 0 Å². The van der Waals surface area contributed by atoms with Crippen LogP contribution in [0.5, 0.6) is 0 Å². The fourth-order valence-electron chi connectivity index (χ4n) is 3.66. The zero-order valence-corrected chi connectivity index (χ0v) is 16.1. The molecule has 0 aliphatic carbocycles. The minimum absolute atomic E-state index is 0.495. The summed E-state index contributed by atoms with van der Waals surface area (Å²) in [4.78, 5) is 14.0. The minimum atomic E-state index is 0.495. The van der Waals surface area contributed by atoms with Crippen molar-refractivity contribution in [3.05, 3.63) is 53.2 Å². The molecule has 0 atom stereocenters. The van der Waals surface area contributed by atoms with E-state index in [0.717, 1.165) is 49.5 Å². The Morgan fingerprint density at radius 2 is 1.96 bits per heavy atom. The molecule has 0 saturated carbocycles. The molecular weight excluding hydrogens is 340 g/mol. The van der Waals surface area contributed by atoms with Gasteiger partial charge in [-0.05, 0) is 30.9 Å². The number of hydrogen-bond donors (Lipinski definition) is 1. The van der Waals surface area contributed by atoms with Gasteiger partial charge in [0.05, 0.1) is 5.39 Å². The number of hydrogen-bond acceptors (Lipinski definition) is 5. The van der Waals surface area contributed by atoms with Crippen LogP contribution < -0.4 is 5.32 Å². The second kappa shape index (κ2) is 8.14. The molecule has 4 rings (SSSR count). The number of aromatic nitrogens is 2. The number of aryl methyl sites for hydroxylation is 1. The van der Waals surface area contributed by atoms with Crippen LogP contribution in [-0.4, -0.2) is 34.0 Å². The second-order valence-corrected chi connectivity index (χ2v) is 8.20. The number of thiophene rings is 1. The van der Waals surface area contributed by atoms with Crippen molar-refractivity contribution in [2.45, 2.75) is 45.2 Å². The first-order valence-corrected chi connectivity index (χ1v) is 10.4. The summed E-state index contributed by atoms with van der Waals surface area (Å²) < 4.78 is 0. The third-order valence-corrected chi connectivity index (χ3v) is 6.16. The van der Waals surface area contributed by atoms with Crippen LogP contribution in [0, 0.1) is 0 Å². The number of rotatable bonds is 6. The van der Waals surface area contributed by atoms with E-state index < -0.39 is 0 Å². The Hall–Kier alpha value is -1.98. The van der Waals surface area contributed by atoms with Crippen molar-refractivity contribution >= 4 is 27.4 Å². The van der Waals surface area contributed by atoms with E-state index in [9.17, 15) is 0 Å². The normalized spacial score (nSPS) is 16.2. The van der Waals surface area contributed by atoms with Crippen molar-refractivity contribution < 1.29 is 0 Å². The van der Waals surface area contributed by atoms with Gasteiger partial charge in [-0.3, -0.25) is 4.90 Å². The third-order valence-electron chi connectivity index (χ3n) is 5.05. The van der Waals surface area contributed by atoms with Gasteiger partial charge in [-0.25, -0.2) is 9.97 Å². The Bertz CT molecular complexity index is 838. The molecule has 1 N–H and O–H groups in total. The summed E-state index contributed by atoms with van der Waals surface area (Å²) in [6, 6.07) is 13.5. The molecule has 3 heterocycles. The number of benzene rings is 1. The van der Waals surface area contributed by atoms with E-state index in [-0.39, 0.29) is 0 Å². The van der Waals surface area contributed by atoms with Crippen LogP contribution in [0.3, 0.4) is 0 Å². The molecule has 0 unspecified atom stereocenters. The highest BCUT2D eigenvalue weighted by Gasteiger charge is 2.20. The number of piperidine rings is 1. The summed E-state index contributed by atoms with van der Waals surface area (Å²) in [5, 5.41) is 4.88. The maximum atomic E-state index is 4.53. The summed E-state index contributed by atoms with van der Waals surface area (Å²) in [6.07, 6.45) is 6.30. The molecule has 0 spiro atoms. The molecule has 1 fully saturated rings. The number of fused-ring (bicyclic) bond motifs is 1. The van der Waals surface area contributed by atoms with E-state index in [4.69, 9.17) is 0 Å². The summed E-state index contributed by atoms with van der Waals surface area (Å²) in [5.74, 6) is 1.01. The van der Waals surface area contributed by atoms with Crippen LogP contribution in [0.2, 0.25) is 0 Å². The van der Waals surface area contributed by atoms with E-state index in [1.807, 2.05) is 0 Å². The Kier molecular flexibility index (Phi) is 5.46. The standard InChI is InChI=1S/C21H26N4S/c1-2-6-18-13-19-20(22-15-23-21(19)26-18)24-17-9-11-25(12-10-17)14-16-7-4-3-5-8-16/h3-5,7-8,13,15,17H,2,6,9-12,14H2,1H3,(H,22,23,24). The van der Waals surface area contributed by atoms with Crippen molar-refractivity contribution in [2.75, 3.05) is 18.4 Å². The molecule has 5 heteroatoms. The highest BCUT2D eigenvalue weighted by atomic mass is 32.1. The molecule has 0 amide bonds. The second-order valence-electron chi connectivity index (χ2n) is 7.08. The molecule has 26 heavy (non-hydrogen) atoms. The van der Waals surface area contributed by atoms with Crippen LogP contribution >= 0.6 is 11.3 Å². The average Bonchev–Trinajstić information content (AvgIpc) is 3.08.